The minimum atomic E-state index is -0.589. The van der Waals surface area contributed by atoms with Gasteiger partial charge in [-0.2, -0.15) is 0 Å². The molecule has 8 heteroatoms. The fraction of sp³-hybridized carbons (Fsp3) is 0.654. The summed E-state index contributed by atoms with van der Waals surface area (Å²) in [5.41, 5.74) is 1.95. The van der Waals surface area contributed by atoms with Gasteiger partial charge in [0, 0.05) is 44.3 Å². The summed E-state index contributed by atoms with van der Waals surface area (Å²) < 4.78 is 12.1. The first-order valence-corrected chi connectivity index (χ1v) is 12.8. The maximum absolute atomic E-state index is 13.0. The van der Waals surface area contributed by atoms with Gasteiger partial charge in [0.2, 0.25) is 11.8 Å². The standard InChI is InChI=1S/C26H33N3O5/c30-23-7-6-21(24(31)27-23)29-15-17-14-18(4-5-19(17)25(29)32)34-22-3-1-2-20(22)28-11-8-26(16-28)9-12-33-13-10-26/h4-5,14,20-22H,1-3,6-13,15-16H2,(H,27,30,31)/t20-,21?,22+/m0/s1. The Morgan fingerprint density at radius 1 is 1.06 bits per heavy atom. The number of carbonyl (C=O) groups excluding carboxylic acids is 3. The maximum atomic E-state index is 13.0. The summed E-state index contributed by atoms with van der Waals surface area (Å²) in [6.07, 6.45) is 7.80. The number of fused-ring (bicyclic) bond motifs is 1. The van der Waals surface area contributed by atoms with E-state index in [2.05, 4.69) is 10.2 Å². The summed E-state index contributed by atoms with van der Waals surface area (Å²) in [6.45, 7) is 4.46. The zero-order valence-electron chi connectivity index (χ0n) is 19.6. The number of nitrogens with zero attached hydrogens (tertiary/aromatic N) is 2. The molecular weight excluding hydrogens is 434 g/mol. The number of hydrogen-bond acceptors (Lipinski definition) is 6. The molecule has 1 aliphatic carbocycles. The van der Waals surface area contributed by atoms with Crippen LogP contribution >= 0.6 is 0 Å². The summed E-state index contributed by atoms with van der Waals surface area (Å²) in [5, 5.41) is 2.36. The highest BCUT2D eigenvalue weighted by Crippen LogP contribution is 2.43. The minimum absolute atomic E-state index is 0.145. The summed E-state index contributed by atoms with van der Waals surface area (Å²) >= 11 is 0. The Kier molecular flexibility index (Phi) is 5.60. The molecule has 0 bridgehead atoms. The highest BCUT2D eigenvalue weighted by atomic mass is 16.5. The summed E-state index contributed by atoms with van der Waals surface area (Å²) in [4.78, 5) is 41.0. The Bertz CT molecular complexity index is 1000. The van der Waals surface area contributed by atoms with Crippen LogP contribution in [0.3, 0.4) is 0 Å². The smallest absolute Gasteiger partial charge is 0.255 e. The molecule has 1 aromatic rings. The van der Waals surface area contributed by atoms with E-state index >= 15 is 0 Å². The maximum Gasteiger partial charge on any atom is 0.255 e. The van der Waals surface area contributed by atoms with Gasteiger partial charge in [0.1, 0.15) is 17.9 Å². The van der Waals surface area contributed by atoms with E-state index in [4.69, 9.17) is 9.47 Å². The molecule has 1 saturated carbocycles. The van der Waals surface area contributed by atoms with E-state index in [-0.39, 0.29) is 30.2 Å². The largest absolute Gasteiger partial charge is 0.489 e. The predicted molar refractivity (Wildman–Crippen MR) is 123 cm³/mol. The van der Waals surface area contributed by atoms with Gasteiger partial charge in [0.05, 0.1) is 0 Å². The lowest BCUT2D eigenvalue weighted by atomic mass is 9.79. The van der Waals surface area contributed by atoms with Crippen LogP contribution in [-0.2, 0) is 20.9 Å². The molecule has 3 atom stereocenters. The van der Waals surface area contributed by atoms with Crippen molar-refractivity contribution in [1.29, 1.82) is 0 Å². The van der Waals surface area contributed by atoms with E-state index < -0.39 is 6.04 Å². The second-order valence-corrected chi connectivity index (χ2v) is 10.7. The lowest BCUT2D eigenvalue weighted by Gasteiger charge is -2.35. The van der Waals surface area contributed by atoms with Crippen LogP contribution in [0.5, 0.6) is 5.75 Å². The van der Waals surface area contributed by atoms with Gasteiger partial charge in [-0.15, -0.1) is 0 Å². The van der Waals surface area contributed by atoms with Crippen molar-refractivity contribution in [3.8, 4) is 5.75 Å². The molecule has 0 radical (unpaired) electrons. The average Bonchev–Trinajstić information content (AvgIpc) is 3.53. The third-order valence-electron chi connectivity index (χ3n) is 8.69. The van der Waals surface area contributed by atoms with Crippen LogP contribution in [0.2, 0.25) is 0 Å². The predicted octanol–water partition coefficient (Wildman–Crippen LogP) is 2.25. The number of hydrogen-bond donors (Lipinski definition) is 1. The van der Waals surface area contributed by atoms with Gasteiger partial charge in [0.25, 0.3) is 5.91 Å². The third-order valence-corrected chi connectivity index (χ3v) is 8.69. The Labute approximate surface area is 199 Å². The van der Waals surface area contributed by atoms with E-state index in [0.29, 0.717) is 30.0 Å². The van der Waals surface area contributed by atoms with Crippen LogP contribution in [0, 0.1) is 5.41 Å². The molecular formula is C26H33N3O5. The topological polar surface area (TPSA) is 88.2 Å². The highest BCUT2D eigenvalue weighted by Gasteiger charge is 2.45. The van der Waals surface area contributed by atoms with Gasteiger partial charge in [-0.05, 0) is 80.7 Å². The number of likely N-dealkylation sites (tertiary alicyclic amines) is 1. The van der Waals surface area contributed by atoms with Crippen LogP contribution in [0.1, 0.15) is 67.3 Å². The molecule has 1 unspecified atom stereocenters. The van der Waals surface area contributed by atoms with Crippen molar-refractivity contribution in [2.75, 3.05) is 26.3 Å². The molecule has 8 nitrogen and oxygen atoms in total. The Hall–Kier alpha value is -2.45. The number of benzene rings is 1. The minimum Gasteiger partial charge on any atom is -0.489 e. The summed E-state index contributed by atoms with van der Waals surface area (Å²) in [6, 6.07) is 5.55. The molecule has 1 aromatic carbocycles. The van der Waals surface area contributed by atoms with Crippen molar-refractivity contribution < 1.29 is 23.9 Å². The van der Waals surface area contributed by atoms with Gasteiger partial charge >= 0.3 is 0 Å². The Morgan fingerprint density at radius 2 is 1.91 bits per heavy atom. The highest BCUT2D eigenvalue weighted by molar-refractivity contribution is 6.05. The molecule has 0 aromatic heterocycles. The van der Waals surface area contributed by atoms with Gasteiger partial charge in [-0.1, -0.05) is 0 Å². The second-order valence-electron chi connectivity index (χ2n) is 10.7. The molecule has 4 heterocycles. The Morgan fingerprint density at radius 3 is 2.74 bits per heavy atom. The monoisotopic (exact) mass is 467 g/mol. The number of imide groups is 1. The molecule has 4 fully saturated rings. The number of nitrogens with one attached hydrogen (secondary N) is 1. The molecule has 4 aliphatic heterocycles. The van der Waals surface area contributed by atoms with E-state index in [1.54, 1.807) is 4.90 Å². The van der Waals surface area contributed by atoms with Crippen LogP contribution in [0.4, 0.5) is 0 Å². The van der Waals surface area contributed by atoms with Crippen molar-refractivity contribution >= 4 is 17.7 Å². The van der Waals surface area contributed by atoms with Crippen LogP contribution in [0.25, 0.3) is 0 Å². The van der Waals surface area contributed by atoms with Crippen molar-refractivity contribution in [1.82, 2.24) is 15.1 Å². The van der Waals surface area contributed by atoms with E-state index in [9.17, 15) is 14.4 Å². The number of rotatable bonds is 4. The second kappa shape index (κ2) is 8.64. The van der Waals surface area contributed by atoms with Crippen molar-refractivity contribution in [2.24, 2.45) is 5.41 Å². The van der Waals surface area contributed by atoms with Gasteiger partial charge in [-0.3, -0.25) is 24.6 Å². The SMILES string of the molecule is O=C1CCC(N2Cc3cc(O[C@@H]4CCC[C@@H]4N4CCC5(CCOCC5)C4)ccc3C2=O)C(=O)N1. The molecule has 5 aliphatic rings. The van der Waals surface area contributed by atoms with Crippen LogP contribution in [0.15, 0.2) is 18.2 Å². The fourth-order valence-corrected chi connectivity index (χ4v) is 6.73. The fourth-order valence-electron chi connectivity index (χ4n) is 6.73. The van der Waals surface area contributed by atoms with Crippen molar-refractivity contribution in [3.05, 3.63) is 29.3 Å². The molecule has 1 spiro atoms. The molecule has 3 saturated heterocycles. The number of ether oxygens (including phenoxy) is 2. The van der Waals surface area contributed by atoms with Crippen LogP contribution < -0.4 is 10.1 Å². The first-order valence-electron chi connectivity index (χ1n) is 12.8. The zero-order valence-corrected chi connectivity index (χ0v) is 19.6. The van der Waals surface area contributed by atoms with Crippen molar-refractivity contribution in [2.45, 2.75) is 76.1 Å². The molecule has 1 N–H and O–H groups in total. The van der Waals surface area contributed by atoms with Crippen LogP contribution in [-0.4, -0.2) is 72.0 Å². The lowest BCUT2D eigenvalue weighted by molar-refractivity contribution is -0.136. The molecule has 182 valence electrons. The van der Waals surface area contributed by atoms with E-state index in [0.717, 1.165) is 44.0 Å². The van der Waals surface area contributed by atoms with E-state index in [1.165, 1.54) is 32.1 Å². The Balaban J connectivity index is 1.13. The van der Waals surface area contributed by atoms with Gasteiger partial charge < -0.3 is 14.4 Å². The number of amides is 3. The molecule has 3 amide bonds. The number of carbonyl (C=O) groups is 3. The summed E-state index contributed by atoms with van der Waals surface area (Å²) in [7, 11) is 0. The summed E-state index contributed by atoms with van der Waals surface area (Å²) in [5.74, 6) is 0.00529. The zero-order chi connectivity index (χ0) is 23.3. The lowest BCUT2D eigenvalue weighted by Crippen LogP contribution is -2.52. The van der Waals surface area contributed by atoms with Gasteiger partial charge in [0.15, 0.2) is 0 Å². The first kappa shape index (κ1) is 22.0. The third kappa shape index (κ3) is 3.90. The molecule has 6 rings (SSSR count). The van der Waals surface area contributed by atoms with Crippen molar-refractivity contribution in [3.63, 3.8) is 0 Å². The van der Waals surface area contributed by atoms with E-state index in [1.807, 2.05) is 18.2 Å². The number of piperidine rings is 1. The average molecular weight is 468 g/mol. The quantitative estimate of drug-likeness (QED) is 0.684. The molecule has 34 heavy (non-hydrogen) atoms. The van der Waals surface area contributed by atoms with Gasteiger partial charge in [-0.25, -0.2) is 0 Å². The normalized spacial score (nSPS) is 31.2. The first-order chi connectivity index (χ1) is 16.5.